The fourth-order valence-corrected chi connectivity index (χ4v) is 6.81. The lowest BCUT2D eigenvalue weighted by Crippen LogP contribution is -2.29. The Morgan fingerprint density at radius 3 is 1.19 bits per heavy atom. The van der Waals surface area contributed by atoms with Gasteiger partial charge in [-0.25, -0.2) is 0 Å². The molecule has 0 bridgehead atoms. The van der Waals surface area contributed by atoms with Gasteiger partial charge in [0.1, 0.15) is 0 Å². The molecule has 0 aliphatic carbocycles. The Morgan fingerprint density at radius 2 is 0.786 bits per heavy atom. The Morgan fingerprint density at radius 1 is 0.381 bits per heavy atom. The molecule has 2 fully saturated rings. The average Bonchev–Trinajstić information content (AvgIpc) is 3.07. The van der Waals surface area contributed by atoms with Crippen molar-refractivity contribution in [3.05, 3.63) is 119 Å². The van der Waals surface area contributed by atoms with Crippen LogP contribution in [0.1, 0.15) is 60.8 Å². The Balaban J connectivity index is 1.47. The normalized spacial score (nSPS) is 16.3. The summed E-state index contributed by atoms with van der Waals surface area (Å²) >= 11 is 0. The zero-order valence-electron chi connectivity index (χ0n) is 24.5. The molecule has 2 heterocycles. The molecule has 0 N–H and O–H groups in total. The highest BCUT2D eigenvalue weighted by molar-refractivity contribution is 6.15. The first-order valence-electron chi connectivity index (χ1n) is 15.8. The van der Waals surface area contributed by atoms with E-state index in [4.69, 9.17) is 0 Å². The van der Waals surface area contributed by atoms with E-state index in [9.17, 15) is 0 Å². The fraction of sp³-hybridized carbons (Fsp3) is 0.250. The lowest BCUT2D eigenvalue weighted by molar-refractivity contribution is 0.578. The third-order valence-corrected chi connectivity index (χ3v) is 9.09. The second kappa shape index (κ2) is 12.3. The number of piperidine rings is 2. The van der Waals surface area contributed by atoms with Crippen molar-refractivity contribution in [2.24, 2.45) is 0 Å². The first-order valence-corrected chi connectivity index (χ1v) is 15.8. The number of nitrogens with zero attached hydrogens (tertiary/aromatic N) is 2. The molecule has 2 heteroatoms. The van der Waals surface area contributed by atoms with Crippen molar-refractivity contribution in [3.63, 3.8) is 0 Å². The zero-order chi connectivity index (χ0) is 28.1. The van der Waals surface area contributed by atoms with Crippen LogP contribution in [0.4, 0.5) is 11.4 Å². The van der Waals surface area contributed by atoms with Crippen molar-refractivity contribution in [1.29, 1.82) is 0 Å². The Hall–Kier alpha value is -4.30. The summed E-state index contributed by atoms with van der Waals surface area (Å²) in [6, 6.07) is 35.8. The molecule has 5 aromatic rings. The second-order valence-corrected chi connectivity index (χ2v) is 11.9. The van der Waals surface area contributed by atoms with E-state index >= 15 is 0 Å². The standard InChI is InChI=1S/C40H40N2/c1-5-13-31(14-6-1)17-21-35-37-23-19-34(42-27-11-4-12-28-42)30-40(37)36(22-18-32-15-7-2-8-16-32)38-24-20-33(29-39(35)38)41-25-9-3-10-26-41/h1-2,5-8,13-24,29-30H,3-4,9-12,25-28H2. The van der Waals surface area contributed by atoms with Gasteiger partial charge in [-0.1, -0.05) is 97.1 Å². The zero-order valence-corrected chi connectivity index (χ0v) is 24.5. The maximum Gasteiger partial charge on any atom is 0.0372 e. The van der Waals surface area contributed by atoms with Crippen molar-refractivity contribution < 1.29 is 0 Å². The van der Waals surface area contributed by atoms with Gasteiger partial charge in [-0.2, -0.15) is 0 Å². The largest absolute Gasteiger partial charge is 0.372 e. The molecule has 2 aliphatic heterocycles. The van der Waals surface area contributed by atoms with Gasteiger partial charge in [-0.05, 0) is 107 Å². The first-order chi connectivity index (χ1) is 20.8. The van der Waals surface area contributed by atoms with Gasteiger partial charge in [0.2, 0.25) is 0 Å². The Kier molecular flexibility index (Phi) is 7.78. The van der Waals surface area contributed by atoms with E-state index < -0.39 is 0 Å². The van der Waals surface area contributed by atoms with Gasteiger partial charge in [-0.15, -0.1) is 0 Å². The van der Waals surface area contributed by atoms with Crippen LogP contribution in [-0.4, -0.2) is 26.2 Å². The average molecular weight is 549 g/mol. The Labute approximate surface area is 250 Å². The summed E-state index contributed by atoms with van der Waals surface area (Å²) in [5.41, 5.74) is 7.76. The molecule has 2 nitrogen and oxygen atoms in total. The monoisotopic (exact) mass is 548 g/mol. The number of benzene rings is 5. The maximum atomic E-state index is 2.58. The summed E-state index contributed by atoms with van der Waals surface area (Å²) in [5.74, 6) is 0. The molecule has 0 radical (unpaired) electrons. The molecule has 0 amide bonds. The lowest BCUT2D eigenvalue weighted by atomic mass is 9.89. The van der Waals surface area contributed by atoms with Gasteiger partial charge in [-0.3, -0.25) is 0 Å². The number of rotatable bonds is 6. The topological polar surface area (TPSA) is 6.48 Å². The van der Waals surface area contributed by atoms with Crippen LogP contribution in [0.3, 0.4) is 0 Å². The van der Waals surface area contributed by atoms with Crippen molar-refractivity contribution in [2.75, 3.05) is 36.0 Å². The molecule has 0 spiro atoms. The van der Waals surface area contributed by atoms with E-state index in [1.54, 1.807) is 0 Å². The maximum absolute atomic E-state index is 2.58. The molecule has 42 heavy (non-hydrogen) atoms. The molecular formula is C40H40N2. The SMILES string of the molecule is C(=Cc1c2ccc(N3CCCCC3)cc2c(C=Cc2ccccc2)c2ccc(N3CCCCC3)cc12)c1ccccc1. The summed E-state index contributed by atoms with van der Waals surface area (Å²) in [6.45, 7) is 4.59. The number of anilines is 2. The fourth-order valence-electron chi connectivity index (χ4n) is 6.81. The van der Waals surface area contributed by atoms with Gasteiger partial charge >= 0.3 is 0 Å². The van der Waals surface area contributed by atoms with Crippen LogP contribution in [-0.2, 0) is 0 Å². The molecule has 0 aromatic heterocycles. The van der Waals surface area contributed by atoms with Crippen LogP contribution in [0.15, 0.2) is 97.1 Å². The van der Waals surface area contributed by atoms with Gasteiger partial charge < -0.3 is 9.80 Å². The van der Waals surface area contributed by atoms with Gasteiger partial charge in [0.05, 0.1) is 0 Å². The highest BCUT2D eigenvalue weighted by Gasteiger charge is 2.18. The van der Waals surface area contributed by atoms with Crippen molar-refractivity contribution in [2.45, 2.75) is 38.5 Å². The van der Waals surface area contributed by atoms with E-state index in [1.165, 1.54) is 93.7 Å². The van der Waals surface area contributed by atoms with Crippen LogP contribution in [0.5, 0.6) is 0 Å². The number of hydrogen-bond donors (Lipinski definition) is 0. The highest BCUT2D eigenvalue weighted by Crippen LogP contribution is 2.39. The third-order valence-electron chi connectivity index (χ3n) is 9.09. The molecule has 0 saturated carbocycles. The second-order valence-electron chi connectivity index (χ2n) is 11.9. The van der Waals surface area contributed by atoms with Gasteiger partial charge in [0, 0.05) is 37.6 Å². The lowest BCUT2D eigenvalue weighted by Gasteiger charge is -2.30. The Bertz CT molecular complexity index is 1590. The van der Waals surface area contributed by atoms with Crippen LogP contribution in [0.25, 0.3) is 45.8 Å². The molecular weight excluding hydrogens is 508 g/mol. The minimum Gasteiger partial charge on any atom is -0.372 e. The molecule has 210 valence electrons. The van der Waals surface area contributed by atoms with Crippen LogP contribution in [0.2, 0.25) is 0 Å². The van der Waals surface area contributed by atoms with E-state index in [0.29, 0.717) is 0 Å². The van der Waals surface area contributed by atoms with Crippen LogP contribution < -0.4 is 9.80 Å². The van der Waals surface area contributed by atoms with Gasteiger partial charge in [0.25, 0.3) is 0 Å². The molecule has 2 aliphatic rings. The summed E-state index contributed by atoms with van der Waals surface area (Å²) in [6.07, 6.45) is 17.1. The number of hydrogen-bond acceptors (Lipinski definition) is 2. The smallest absolute Gasteiger partial charge is 0.0372 e. The van der Waals surface area contributed by atoms with E-state index in [-0.39, 0.29) is 0 Å². The van der Waals surface area contributed by atoms with Crippen molar-refractivity contribution in [3.8, 4) is 0 Å². The van der Waals surface area contributed by atoms with Crippen LogP contribution >= 0.6 is 0 Å². The predicted octanol–water partition coefficient (Wildman–Crippen LogP) is 10.3. The summed E-state index contributed by atoms with van der Waals surface area (Å²) in [5, 5.41) is 5.30. The predicted molar refractivity (Wildman–Crippen MR) is 184 cm³/mol. The molecule has 2 saturated heterocycles. The van der Waals surface area contributed by atoms with E-state index in [2.05, 4.69) is 131 Å². The van der Waals surface area contributed by atoms with E-state index in [0.717, 1.165) is 26.2 Å². The molecule has 7 rings (SSSR count). The summed E-state index contributed by atoms with van der Waals surface area (Å²) in [7, 11) is 0. The van der Waals surface area contributed by atoms with E-state index in [1.807, 2.05) is 0 Å². The van der Waals surface area contributed by atoms with Gasteiger partial charge in [0.15, 0.2) is 0 Å². The highest BCUT2D eigenvalue weighted by atomic mass is 15.1. The number of fused-ring (bicyclic) bond motifs is 2. The van der Waals surface area contributed by atoms with Crippen molar-refractivity contribution in [1.82, 2.24) is 0 Å². The molecule has 0 atom stereocenters. The minimum atomic E-state index is 1.15. The third kappa shape index (κ3) is 5.59. The molecule has 0 unspecified atom stereocenters. The molecule has 5 aromatic carbocycles. The first kappa shape index (κ1) is 26.6. The quantitative estimate of drug-likeness (QED) is 0.154. The summed E-state index contributed by atoms with van der Waals surface area (Å²) in [4.78, 5) is 5.16. The van der Waals surface area contributed by atoms with Crippen LogP contribution in [0, 0.1) is 0 Å². The minimum absolute atomic E-state index is 1.15. The van der Waals surface area contributed by atoms with Crippen molar-refractivity contribution >= 4 is 57.2 Å². The summed E-state index contributed by atoms with van der Waals surface area (Å²) < 4.78 is 0.